The van der Waals surface area contributed by atoms with Crippen molar-refractivity contribution in [3.8, 4) is 0 Å². The van der Waals surface area contributed by atoms with Gasteiger partial charge in [-0.05, 0) is 18.2 Å². The molecule has 1 aliphatic rings. The number of anilines is 1. The molecule has 0 unspecified atom stereocenters. The molecule has 1 heterocycles. The molecule has 2 aromatic carbocycles. The first kappa shape index (κ1) is 11.5. The van der Waals surface area contributed by atoms with E-state index in [1.807, 2.05) is 12.1 Å². The van der Waals surface area contributed by atoms with Crippen LogP contribution in [0.5, 0.6) is 0 Å². The summed E-state index contributed by atoms with van der Waals surface area (Å²) in [7, 11) is 0. The number of amidine groups is 1. The predicted octanol–water partition coefficient (Wildman–Crippen LogP) is 3.72. The Bertz CT molecular complexity index is 578. The molecule has 90 valence electrons. The topological polar surface area (TPSA) is 15.6 Å². The van der Waals surface area contributed by atoms with Gasteiger partial charge in [-0.3, -0.25) is 4.99 Å². The molecule has 0 aromatic heterocycles. The van der Waals surface area contributed by atoms with E-state index >= 15 is 0 Å². The third-order valence-corrected chi connectivity index (χ3v) is 3.49. The highest BCUT2D eigenvalue weighted by molar-refractivity contribution is 9.10. The zero-order chi connectivity index (χ0) is 12.4. The Balaban J connectivity index is 1.97. The van der Waals surface area contributed by atoms with Gasteiger partial charge in [0.15, 0.2) is 0 Å². The molecule has 3 rings (SSSR count). The molecule has 0 bridgehead atoms. The quantitative estimate of drug-likeness (QED) is 0.825. The number of halogens is 1. The van der Waals surface area contributed by atoms with Gasteiger partial charge in [0.1, 0.15) is 5.84 Å². The van der Waals surface area contributed by atoms with Gasteiger partial charge in [0, 0.05) is 22.3 Å². The highest BCUT2D eigenvalue weighted by Gasteiger charge is 2.19. The van der Waals surface area contributed by atoms with Gasteiger partial charge in [-0.25, -0.2) is 0 Å². The van der Waals surface area contributed by atoms with Crippen molar-refractivity contribution < 1.29 is 0 Å². The summed E-state index contributed by atoms with van der Waals surface area (Å²) in [6.45, 7) is 1.80. The monoisotopic (exact) mass is 300 g/mol. The average molecular weight is 301 g/mol. The maximum atomic E-state index is 4.62. The minimum atomic E-state index is 0.858. The van der Waals surface area contributed by atoms with Gasteiger partial charge in [-0.1, -0.05) is 52.3 Å². The van der Waals surface area contributed by atoms with E-state index in [4.69, 9.17) is 0 Å². The third-order valence-electron chi connectivity index (χ3n) is 2.99. The number of rotatable bonds is 2. The average Bonchev–Trinajstić information content (AvgIpc) is 2.89. The molecule has 18 heavy (non-hydrogen) atoms. The molecule has 0 saturated heterocycles. The SMILES string of the molecule is Brc1cccc(N2CCN=C2c2ccccc2)c1. The Morgan fingerprint density at radius 3 is 2.61 bits per heavy atom. The Hall–Kier alpha value is -1.61. The Kier molecular flexibility index (Phi) is 3.15. The number of benzene rings is 2. The van der Waals surface area contributed by atoms with Crippen LogP contribution in [0.1, 0.15) is 5.56 Å². The first-order valence-electron chi connectivity index (χ1n) is 5.97. The van der Waals surface area contributed by atoms with Crippen LogP contribution in [0, 0.1) is 0 Å². The minimum absolute atomic E-state index is 0.858. The van der Waals surface area contributed by atoms with E-state index in [-0.39, 0.29) is 0 Å². The van der Waals surface area contributed by atoms with E-state index in [0.29, 0.717) is 0 Å². The van der Waals surface area contributed by atoms with Gasteiger partial charge in [-0.2, -0.15) is 0 Å². The lowest BCUT2D eigenvalue weighted by Gasteiger charge is -2.20. The highest BCUT2D eigenvalue weighted by atomic mass is 79.9. The van der Waals surface area contributed by atoms with E-state index in [1.54, 1.807) is 0 Å². The van der Waals surface area contributed by atoms with Gasteiger partial charge >= 0.3 is 0 Å². The summed E-state index contributed by atoms with van der Waals surface area (Å²) >= 11 is 3.52. The van der Waals surface area contributed by atoms with Crippen molar-refractivity contribution in [3.63, 3.8) is 0 Å². The van der Waals surface area contributed by atoms with Crippen molar-refractivity contribution >= 4 is 27.5 Å². The Morgan fingerprint density at radius 2 is 1.83 bits per heavy atom. The van der Waals surface area contributed by atoms with Crippen LogP contribution in [-0.4, -0.2) is 18.9 Å². The van der Waals surface area contributed by atoms with Gasteiger partial charge in [0.25, 0.3) is 0 Å². The smallest absolute Gasteiger partial charge is 0.135 e. The molecular formula is C15H13BrN2. The van der Waals surface area contributed by atoms with Gasteiger partial charge in [0.2, 0.25) is 0 Å². The van der Waals surface area contributed by atoms with Crippen molar-refractivity contribution in [1.82, 2.24) is 0 Å². The van der Waals surface area contributed by atoms with Crippen LogP contribution in [0.25, 0.3) is 0 Å². The number of nitrogens with zero attached hydrogens (tertiary/aromatic N) is 2. The molecule has 0 saturated carbocycles. The largest absolute Gasteiger partial charge is 0.324 e. The molecule has 0 spiro atoms. The number of hydrogen-bond donors (Lipinski definition) is 0. The van der Waals surface area contributed by atoms with Crippen molar-refractivity contribution in [3.05, 3.63) is 64.6 Å². The first-order valence-corrected chi connectivity index (χ1v) is 6.77. The van der Waals surface area contributed by atoms with Gasteiger partial charge in [-0.15, -0.1) is 0 Å². The molecule has 0 atom stereocenters. The molecule has 3 heteroatoms. The summed E-state index contributed by atoms with van der Waals surface area (Å²) in [5.41, 5.74) is 2.36. The maximum absolute atomic E-state index is 4.62. The van der Waals surface area contributed by atoms with E-state index in [0.717, 1.165) is 23.4 Å². The summed E-state index contributed by atoms with van der Waals surface area (Å²) < 4.78 is 1.10. The molecule has 1 aliphatic heterocycles. The van der Waals surface area contributed by atoms with Crippen LogP contribution < -0.4 is 4.90 Å². The molecule has 0 radical (unpaired) electrons. The number of aliphatic imine (C=N–C) groups is 1. The van der Waals surface area contributed by atoms with Crippen molar-refractivity contribution in [2.24, 2.45) is 4.99 Å². The first-order chi connectivity index (χ1) is 8.84. The van der Waals surface area contributed by atoms with E-state index in [9.17, 15) is 0 Å². The molecule has 2 nitrogen and oxygen atoms in total. The summed E-state index contributed by atoms with van der Waals surface area (Å²) in [4.78, 5) is 6.88. The van der Waals surface area contributed by atoms with Crippen LogP contribution in [-0.2, 0) is 0 Å². The molecule has 0 aliphatic carbocycles. The zero-order valence-corrected chi connectivity index (χ0v) is 11.5. The number of hydrogen-bond acceptors (Lipinski definition) is 2. The van der Waals surface area contributed by atoms with Crippen LogP contribution in [0.4, 0.5) is 5.69 Å². The molecule has 0 fully saturated rings. The summed E-state index contributed by atoms with van der Waals surface area (Å²) in [5, 5.41) is 0. The molecule has 0 amide bonds. The zero-order valence-electron chi connectivity index (χ0n) is 9.88. The fraction of sp³-hybridized carbons (Fsp3) is 0.133. The van der Waals surface area contributed by atoms with Crippen molar-refractivity contribution in [2.45, 2.75) is 0 Å². The fourth-order valence-electron chi connectivity index (χ4n) is 2.18. The van der Waals surface area contributed by atoms with Crippen LogP contribution in [0.3, 0.4) is 0 Å². The van der Waals surface area contributed by atoms with Crippen molar-refractivity contribution in [1.29, 1.82) is 0 Å². The van der Waals surface area contributed by atoms with E-state index in [2.05, 4.69) is 68.3 Å². The van der Waals surface area contributed by atoms with E-state index < -0.39 is 0 Å². The summed E-state index contributed by atoms with van der Waals surface area (Å²) in [6, 6.07) is 18.7. The van der Waals surface area contributed by atoms with Crippen LogP contribution in [0.15, 0.2) is 64.1 Å². The lowest BCUT2D eigenvalue weighted by atomic mass is 10.2. The normalized spacial score (nSPS) is 14.7. The molecular weight excluding hydrogens is 288 g/mol. The predicted molar refractivity (Wildman–Crippen MR) is 79.3 cm³/mol. The Labute approximate surface area is 115 Å². The van der Waals surface area contributed by atoms with E-state index in [1.165, 1.54) is 11.3 Å². The molecule has 0 N–H and O–H groups in total. The second-order valence-corrected chi connectivity index (χ2v) is 5.12. The van der Waals surface area contributed by atoms with Gasteiger partial charge < -0.3 is 4.90 Å². The highest BCUT2D eigenvalue weighted by Crippen LogP contribution is 2.24. The lowest BCUT2D eigenvalue weighted by molar-refractivity contribution is 1.02. The second kappa shape index (κ2) is 4.94. The Morgan fingerprint density at radius 1 is 1.00 bits per heavy atom. The summed E-state index contributed by atoms with van der Waals surface area (Å²) in [6.07, 6.45) is 0. The second-order valence-electron chi connectivity index (χ2n) is 4.20. The standard InChI is InChI=1S/C15H13BrN2/c16-13-7-4-8-14(11-13)18-10-9-17-15(18)12-5-2-1-3-6-12/h1-8,11H,9-10H2. The van der Waals surface area contributed by atoms with Gasteiger partial charge in [0.05, 0.1) is 6.54 Å². The molecule has 2 aromatic rings. The minimum Gasteiger partial charge on any atom is -0.324 e. The van der Waals surface area contributed by atoms with Crippen LogP contribution >= 0.6 is 15.9 Å². The van der Waals surface area contributed by atoms with Crippen LogP contribution in [0.2, 0.25) is 0 Å². The fourth-order valence-corrected chi connectivity index (χ4v) is 2.56. The third kappa shape index (κ3) is 2.18. The summed E-state index contributed by atoms with van der Waals surface area (Å²) in [5.74, 6) is 1.06. The van der Waals surface area contributed by atoms with Crippen molar-refractivity contribution in [2.75, 3.05) is 18.0 Å². The lowest BCUT2D eigenvalue weighted by Crippen LogP contribution is -2.27. The maximum Gasteiger partial charge on any atom is 0.135 e.